The molecule has 0 N–H and O–H groups in total. The Bertz CT molecular complexity index is 1080. The van der Waals surface area contributed by atoms with Gasteiger partial charge in [0.1, 0.15) is 12.7 Å². The van der Waals surface area contributed by atoms with E-state index in [9.17, 15) is 14.4 Å². The Hall–Kier alpha value is -3.29. The first kappa shape index (κ1) is 21.6. The summed E-state index contributed by atoms with van der Waals surface area (Å²) < 4.78 is 22.9. The third kappa shape index (κ3) is 3.57. The van der Waals surface area contributed by atoms with Gasteiger partial charge in [0.2, 0.25) is 12.1 Å². The molecular formula is C26H24O7. The molecule has 7 nitrogen and oxygen atoms in total. The number of esters is 2. The van der Waals surface area contributed by atoms with Gasteiger partial charge < -0.3 is 18.9 Å². The quantitative estimate of drug-likeness (QED) is 0.495. The van der Waals surface area contributed by atoms with Crippen molar-refractivity contribution in [1.29, 1.82) is 0 Å². The van der Waals surface area contributed by atoms with Gasteiger partial charge in [-0.3, -0.25) is 4.79 Å². The first-order chi connectivity index (χ1) is 16.0. The summed E-state index contributed by atoms with van der Waals surface area (Å²) in [5.41, 5.74) is -0.658. The number of allylic oxidation sites excluding steroid dienone is 1. The van der Waals surface area contributed by atoms with Gasteiger partial charge in [0.05, 0.1) is 11.1 Å². The molecule has 0 unspecified atom stereocenters. The second-order valence-corrected chi connectivity index (χ2v) is 8.54. The Balaban J connectivity index is 1.44. The van der Waals surface area contributed by atoms with E-state index in [2.05, 4.69) is 0 Å². The highest BCUT2D eigenvalue weighted by atomic mass is 16.7. The Labute approximate surface area is 191 Å². The summed E-state index contributed by atoms with van der Waals surface area (Å²) >= 11 is 0. The summed E-state index contributed by atoms with van der Waals surface area (Å²) in [6.45, 7) is -0.0900. The topological polar surface area (TPSA) is 88.1 Å². The number of carbonyl (C=O) groups excluding carboxylic acids is 3. The van der Waals surface area contributed by atoms with Crippen LogP contribution < -0.4 is 0 Å². The van der Waals surface area contributed by atoms with Crippen molar-refractivity contribution < 1.29 is 33.3 Å². The molecule has 0 amide bonds. The fraction of sp³-hybridized carbons (Fsp3) is 0.346. The van der Waals surface area contributed by atoms with Gasteiger partial charge >= 0.3 is 11.9 Å². The maximum Gasteiger partial charge on any atom is 0.339 e. The van der Waals surface area contributed by atoms with E-state index in [4.69, 9.17) is 18.9 Å². The van der Waals surface area contributed by atoms with Crippen LogP contribution in [0.25, 0.3) is 0 Å². The average Bonchev–Trinajstić information content (AvgIpc) is 3.46. The summed E-state index contributed by atoms with van der Waals surface area (Å²) in [4.78, 5) is 39.1. The summed E-state index contributed by atoms with van der Waals surface area (Å²) in [6.07, 6.45) is 2.71. The van der Waals surface area contributed by atoms with Crippen molar-refractivity contribution in [1.82, 2.24) is 0 Å². The van der Waals surface area contributed by atoms with Gasteiger partial charge in [-0.1, -0.05) is 48.6 Å². The molecule has 1 saturated carbocycles. The zero-order chi connectivity index (χ0) is 23.0. The highest BCUT2D eigenvalue weighted by Gasteiger charge is 2.69. The van der Waals surface area contributed by atoms with Crippen LogP contribution in [0.4, 0.5) is 0 Å². The van der Waals surface area contributed by atoms with Gasteiger partial charge in [-0.15, -0.1) is 0 Å². The number of hydrogen-bond acceptors (Lipinski definition) is 7. The normalized spacial score (nSPS) is 31.8. The number of rotatable bonds is 6. The van der Waals surface area contributed by atoms with Gasteiger partial charge in [-0.2, -0.15) is 0 Å². The molecule has 1 heterocycles. The Morgan fingerprint density at radius 2 is 1.61 bits per heavy atom. The molecule has 5 rings (SSSR count). The van der Waals surface area contributed by atoms with Crippen molar-refractivity contribution >= 4 is 17.7 Å². The van der Waals surface area contributed by atoms with E-state index in [1.54, 1.807) is 54.6 Å². The van der Waals surface area contributed by atoms with Crippen molar-refractivity contribution in [3.05, 3.63) is 83.9 Å². The molecule has 3 aliphatic rings. The Morgan fingerprint density at radius 1 is 0.970 bits per heavy atom. The van der Waals surface area contributed by atoms with Crippen molar-refractivity contribution in [2.75, 3.05) is 13.7 Å². The van der Waals surface area contributed by atoms with E-state index in [-0.39, 0.29) is 18.4 Å². The Morgan fingerprint density at radius 3 is 2.24 bits per heavy atom. The summed E-state index contributed by atoms with van der Waals surface area (Å²) in [5, 5.41) is 0. The van der Waals surface area contributed by atoms with Crippen molar-refractivity contribution in [3.63, 3.8) is 0 Å². The lowest BCUT2D eigenvalue weighted by Gasteiger charge is -2.48. The first-order valence-corrected chi connectivity index (χ1v) is 11.0. The van der Waals surface area contributed by atoms with Gasteiger partial charge in [0.15, 0.2) is 5.60 Å². The highest BCUT2D eigenvalue weighted by Crippen LogP contribution is 2.57. The minimum absolute atomic E-state index is 0.0410. The number of methoxy groups -OCH3 is 1. The molecule has 170 valence electrons. The van der Waals surface area contributed by atoms with Crippen molar-refractivity contribution in [2.24, 2.45) is 17.8 Å². The first-order valence-electron chi connectivity index (χ1n) is 11.0. The largest absolute Gasteiger partial charge is 0.459 e. The molecular weight excluding hydrogens is 424 g/mol. The van der Waals surface area contributed by atoms with Crippen molar-refractivity contribution in [3.8, 4) is 0 Å². The zero-order valence-corrected chi connectivity index (χ0v) is 18.1. The van der Waals surface area contributed by atoms with E-state index >= 15 is 0 Å². The predicted molar refractivity (Wildman–Crippen MR) is 116 cm³/mol. The monoisotopic (exact) mass is 448 g/mol. The lowest BCUT2D eigenvalue weighted by Crippen LogP contribution is -2.65. The Kier molecular flexibility index (Phi) is 5.60. The van der Waals surface area contributed by atoms with Crippen LogP contribution in [0, 0.1) is 17.8 Å². The molecule has 1 saturated heterocycles. The third-order valence-corrected chi connectivity index (χ3v) is 6.80. The number of carbonyl (C=O) groups is 3. The summed E-state index contributed by atoms with van der Waals surface area (Å²) in [6, 6.07) is 17.2. The molecule has 1 aliphatic heterocycles. The van der Waals surface area contributed by atoms with E-state index in [0.717, 1.165) is 0 Å². The van der Waals surface area contributed by atoms with E-state index in [1.807, 2.05) is 18.2 Å². The van der Waals surface area contributed by atoms with E-state index in [1.165, 1.54) is 7.11 Å². The zero-order valence-electron chi connectivity index (χ0n) is 18.1. The molecule has 2 aromatic carbocycles. The van der Waals surface area contributed by atoms with Crippen LogP contribution in [0.15, 0.2) is 72.8 Å². The van der Waals surface area contributed by atoms with E-state index in [0.29, 0.717) is 17.5 Å². The number of fused-ring (bicyclic) bond motifs is 5. The maximum atomic E-state index is 13.6. The van der Waals surface area contributed by atoms with Crippen LogP contribution in [0.1, 0.15) is 27.1 Å². The molecule has 7 heteroatoms. The third-order valence-electron chi connectivity index (χ3n) is 6.80. The van der Waals surface area contributed by atoms with Gasteiger partial charge in [-0.05, 0) is 36.6 Å². The maximum absolute atomic E-state index is 13.6. The number of Topliss-reactive ketones (excluding diaryl/α,β-unsaturated/α-hetero) is 1. The van der Waals surface area contributed by atoms with Crippen LogP contribution in [0.2, 0.25) is 0 Å². The molecule has 2 aliphatic carbocycles. The van der Waals surface area contributed by atoms with Gasteiger partial charge in [0.25, 0.3) is 0 Å². The number of hydrogen-bond donors (Lipinski definition) is 0. The SMILES string of the molecule is CO[C@H]1O[C@H](COC(=O)c2ccccc2)[C@H]2[C@H]3C=C[C@H](C3)[C@@]2(OC(=O)c2ccccc2)C1=O. The summed E-state index contributed by atoms with van der Waals surface area (Å²) in [7, 11) is 1.37. The smallest absolute Gasteiger partial charge is 0.339 e. The standard InChI is InChI=1S/C26H24O7/c1-30-25-22(27)26(33-24(29)17-10-6-3-7-11-17)19-13-12-18(14-19)21(26)20(32-25)15-31-23(28)16-8-4-2-5-9-16/h2-13,18-21,25H,14-15H2,1H3/t18-,19+,20+,21+,25-,26-/m0/s1. The molecule has 6 atom stereocenters. The molecule has 0 spiro atoms. The van der Waals surface area contributed by atoms with Gasteiger partial charge in [0, 0.05) is 18.9 Å². The van der Waals surface area contributed by atoms with Crippen LogP contribution >= 0.6 is 0 Å². The van der Waals surface area contributed by atoms with Crippen molar-refractivity contribution in [2.45, 2.75) is 24.4 Å². The molecule has 2 fully saturated rings. The fourth-order valence-electron chi connectivity index (χ4n) is 5.37. The minimum atomic E-state index is -1.44. The second kappa shape index (κ2) is 8.57. The molecule has 33 heavy (non-hydrogen) atoms. The van der Waals surface area contributed by atoms with Crippen LogP contribution in [0.5, 0.6) is 0 Å². The molecule has 0 aromatic heterocycles. The molecule has 2 aromatic rings. The van der Waals surface area contributed by atoms with Crippen LogP contribution in [-0.2, 0) is 23.7 Å². The fourth-order valence-corrected chi connectivity index (χ4v) is 5.37. The lowest BCUT2D eigenvalue weighted by atomic mass is 9.71. The number of benzene rings is 2. The van der Waals surface area contributed by atoms with Crippen LogP contribution in [-0.4, -0.2) is 49.4 Å². The van der Waals surface area contributed by atoms with Crippen LogP contribution in [0.3, 0.4) is 0 Å². The molecule has 2 bridgehead atoms. The molecule has 0 radical (unpaired) electrons. The second-order valence-electron chi connectivity index (χ2n) is 8.54. The van der Waals surface area contributed by atoms with Gasteiger partial charge in [-0.25, -0.2) is 9.59 Å². The highest BCUT2D eigenvalue weighted by molar-refractivity contribution is 5.98. The summed E-state index contributed by atoms with van der Waals surface area (Å²) in [5.74, 6) is -2.30. The van der Waals surface area contributed by atoms with E-state index < -0.39 is 41.6 Å². The number of ether oxygens (including phenoxy) is 4. The minimum Gasteiger partial charge on any atom is -0.459 e. The average molecular weight is 448 g/mol. The lowest BCUT2D eigenvalue weighted by molar-refractivity contribution is -0.243. The number of ketones is 1. The predicted octanol–water partition coefficient (Wildman–Crippen LogP) is 3.20.